The second-order valence-electron chi connectivity index (χ2n) is 7.54. The number of nitrogens with zero attached hydrogens (tertiary/aromatic N) is 1. The van der Waals surface area contributed by atoms with Crippen LogP contribution in [0.3, 0.4) is 0 Å². The molecular formula is C21H34N2O5. The van der Waals surface area contributed by atoms with Gasteiger partial charge in [-0.25, -0.2) is 0 Å². The SMILES string of the molecule is CCCCNC(=O)[C@@H]1[C@H]2C=C[C@@H](CC)[C@@H](C(=O)OCC)[C@H]2C(=O)N1CCCO. The van der Waals surface area contributed by atoms with Gasteiger partial charge in [0.05, 0.1) is 18.4 Å². The Labute approximate surface area is 167 Å². The molecule has 2 amide bonds. The minimum absolute atomic E-state index is 0.0575. The third-order valence-electron chi connectivity index (χ3n) is 5.80. The van der Waals surface area contributed by atoms with Crippen molar-refractivity contribution in [2.24, 2.45) is 23.7 Å². The van der Waals surface area contributed by atoms with E-state index in [4.69, 9.17) is 4.74 Å². The average Bonchev–Trinajstić information content (AvgIpc) is 2.97. The van der Waals surface area contributed by atoms with Crippen LogP contribution in [0.4, 0.5) is 0 Å². The molecular weight excluding hydrogens is 360 g/mol. The van der Waals surface area contributed by atoms with E-state index in [1.54, 1.807) is 11.8 Å². The smallest absolute Gasteiger partial charge is 0.310 e. The lowest BCUT2D eigenvalue weighted by molar-refractivity contribution is -0.155. The minimum Gasteiger partial charge on any atom is -0.466 e. The van der Waals surface area contributed by atoms with Gasteiger partial charge in [0, 0.05) is 25.6 Å². The van der Waals surface area contributed by atoms with Gasteiger partial charge in [0.15, 0.2) is 0 Å². The molecule has 7 nitrogen and oxygen atoms in total. The van der Waals surface area contributed by atoms with E-state index in [0.29, 0.717) is 19.5 Å². The zero-order chi connectivity index (χ0) is 20.7. The van der Waals surface area contributed by atoms with Gasteiger partial charge in [-0.15, -0.1) is 0 Å². The molecule has 0 radical (unpaired) electrons. The van der Waals surface area contributed by atoms with E-state index in [1.807, 2.05) is 26.0 Å². The molecule has 0 unspecified atom stereocenters. The molecule has 2 aliphatic rings. The number of hydrogen-bond acceptors (Lipinski definition) is 5. The highest BCUT2D eigenvalue weighted by Gasteiger charge is 2.57. The van der Waals surface area contributed by atoms with Gasteiger partial charge < -0.3 is 20.1 Å². The van der Waals surface area contributed by atoms with Crippen molar-refractivity contribution in [3.05, 3.63) is 12.2 Å². The molecule has 0 bridgehead atoms. The number of fused-ring (bicyclic) bond motifs is 1. The van der Waals surface area contributed by atoms with Crippen LogP contribution in [0.5, 0.6) is 0 Å². The number of aliphatic hydroxyl groups is 1. The van der Waals surface area contributed by atoms with Crippen LogP contribution in [-0.2, 0) is 19.1 Å². The second kappa shape index (κ2) is 10.6. The molecule has 0 aromatic rings. The lowest BCUT2D eigenvalue weighted by Gasteiger charge is -2.33. The summed E-state index contributed by atoms with van der Waals surface area (Å²) in [5.41, 5.74) is 0. The molecule has 1 heterocycles. The van der Waals surface area contributed by atoms with Crippen LogP contribution in [0, 0.1) is 23.7 Å². The van der Waals surface area contributed by atoms with E-state index in [0.717, 1.165) is 19.3 Å². The predicted octanol–water partition coefficient (Wildman–Crippen LogP) is 1.50. The normalized spacial score (nSPS) is 28.9. The molecule has 1 fully saturated rings. The van der Waals surface area contributed by atoms with E-state index in [9.17, 15) is 19.5 Å². The highest BCUT2D eigenvalue weighted by atomic mass is 16.5. The maximum absolute atomic E-state index is 13.3. The largest absolute Gasteiger partial charge is 0.466 e. The van der Waals surface area contributed by atoms with E-state index < -0.39 is 17.9 Å². The number of ether oxygens (including phenoxy) is 1. The first-order valence-corrected chi connectivity index (χ1v) is 10.6. The van der Waals surface area contributed by atoms with Crippen molar-refractivity contribution in [1.29, 1.82) is 0 Å². The van der Waals surface area contributed by atoms with E-state index >= 15 is 0 Å². The molecule has 1 aliphatic carbocycles. The molecule has 0 aromatic carbocycles. The summed E-state index contributed by atoms with van der Waals surface area (Å²) >= 11 is 0. The Morgan fingerprint density at radius 3 is 2.57 bits per heavy atom. The van der Waals surface area contributed by atoms with Crippen molar-refractivity contribution in [2.45, 2.75) is 52.5 Å². The van der Waals surface area contributed by atoms with Gasteiger partial charge in [-0.3, -0.25) is 14.4 Å². The fourth-order valence-corrected chi connectivity index (χ4v) is 4.42. The number of carbonyl (C=O) groups excluding carboxylic acids is 3. The lowest BCUT2D eigenvalue weighted by atomic mass is 9.69. The Hall–Kier alpha value is -1.89. The first-order valence-electron chi connectivity index (χ1n) is 10.6. The van der Waals surface area contributed by atoms with Gasteiger partial charge in [-0.05, 0) is 32.1 Å². The number of amides is 2. The first-order chi connectivity index (χ1) is 13.5. The first kappa shape index (κ1) is 22.4. The molecule has 1 aliphatic heterocycles. The van der Waals surface area contributed by atoms with Crippen LogP contribution in [0.1, 0.15) is 46.5 Å². The van der Waals surface area contributed by atoms with Gasteiger partial charge in [0.25, 0.3) is 0 Å². The summed E-state index contributed by atoms with van der Waals surface area (Å²) in [4.78, 5) is 40.5. The van der Waals surface area contributed by atoms with E-state index in [1.165, 1.54) is 0 Å². The number of nitrogens with one attached hydrogen (secondary N) is 1. The summed E-state index contributed by atoms with van der Waals surface area (Å²) in [5, 5.41) is 12.2. The number of likely N-dealkylation sites (tertiary alicyclic amines) is 1. The Balaban J connectivity index is 2.35. The molecule has 2 rings (SSSR count). The van der Waals surface area contributed by atoms with Crippen LogP contribution in [0.25, 0.3) is 0 Å². The molecule has 28 heavy (non-hydrogen) atoms. The van der Waals surface area contributed by atoms with E-state index in [-0.39, 0.29) is 42.8 Å². The number of carbonyl (C=O) groups is 3. The highest BCUT2D eigenvalue weighted by Crippen LogP contribution is 2.45. The number of esters is 1. The van der Waals surface area contributed by atoms with Crippen LogP contribution in [0.15, 0.2) is 12.2 Å². The fraction of sp³-hybridized carbons (Fsp3) is 0.762. The van der Waals surface area contributed by atoms with Crippen molar-refractivity contribution in [1.82, 2.24) is 10.2 Å². The monoisotopic (exact) mass is 394 g/mol. The van der Waals surface area contributed by atoms with Crippen molar-refractivity contribution in [3.63, 3.8) is 0 Å². The Kier molecular flexibility index (Phi) is 8.48. The maximum atomic E-state index is 13.3. The number of hydrogen-bond donors (Lipinski definition) is 2. The van der Waals surface area contributed by atoms with Gasteiger partial charge in [0.1, 0.15) is 6.04 Å². The van der Waals surface area contributed by atoms with Gasteiger partial charge in [-0.1, -0.05) is 32.4 Å². The third-order valence-corrected chi connectivity index (χ3v) is 5.80. The zero-order valence-electron chi connectivity index (χ0n) is 17.2. The molecule has 0 aromatic heterocycles. The summed E-state index contributed by atoms with van der Waals surface area (Å²) in [6, 6.07) is -0.646. The number of aliphatic hydroxyl groups excluding tert-OH is 1. The second-order valence-corrected chi connectivity index (χ2v) is 7.54. The molecule has 2 N–H and O–H groups in total. The van der Waals surface area contributed by atoms with Crippen molar-refractivity contribution in [2.75, 3.05) is 26.3 Å². The minimum atomic E-state index is -0.646. The molecule has 1 saturated heterocycles. The lowest BCUT2D eigenvalue weighted by Crippen LogP contribution is -2.47. The fourth-order valence-electron chi connectivity index (χ4n) is 4.42. The molecule has 158 valence electrons. The average molecular weight is 395 g/mol. The van der Waals surface area contributed by atoms with Crippen LogP contribution < -0.4 is 5.32 Å². The van der Waals surface area contributed by atoms with Gasteiger partial charge in [0.2, 0.25) is 11.8 Å². The van der Waals surface area contributed by atoms with Crippen molar-refractivity contribution < 1.29 is 24.2 Å². The quantitative estimate of drug-likeness (QED) is 0.333. The Bertz CT molecular complexity index is 591. The van der Waals surface area contributed by atoms with Gasteiger partial charge >= 0.3 is 5.97 Å². The summed E-state index contributed by atoms with van der Waals surface area (Å²) in [5.74, 6) is -2.33. The van der Waals surface area contributed by atoms with Crippen LogP contribution in [0.2, 0.25) is 0 Å². The third kappa shape index (κ3) is 4.57. The molecule has 0 spiro atoms. The molecule has 7 heteroatoms. The summed E-state index contributed by atoms with van der Waals surface area (Å²) in [6.07, 6.45) is 6.87. The van der Waals surface area contributed by atoms with Crippen LogP contribution in [-0.4, -0.2) is 60.1 Å². The standard InChI is InChI=1S/C21H34N2O5/c1-4-7-11-22-19(25)18-15-10-9-14(5-2)16(21(27)28-6-3)17(15)20(26)23(18)12-8-13-24/h9-10,14-18,24H,4-8,11-13H2,1-3H3,(H,22,25)/t14-,15+,16-,17+,18+/m1/s1. The zero-order valence-corrected chi connectivity index (χ0v) is 17.2. The van der Waals surface area contributed by atoms with E-state index in [2.05, 4.69) is 5.32 Å². The van der Waals surface area contributed by atoms with Crippen molar-refractivity contribution in [3.8, 4) is 0 Å². The molecule has 5 atom stereocenters. The topological polar surface area (TPSA) is 95.9 Å². The number of rotatable bonds is 10. The summed E-state index contributed by atoms with van der Waals surface area (Å²) < 4.78 is 5.28. The Morgan fingerprint density at radius 2 is 1.96 bits per heavy atom. The highest BCUT2D eigenvalue weighted by molar-refractivity contribution is 5.96. The van der Waals surface area contributed by atoms with Crippen molar-refractivity contribution >= 4 is 17.8 Å². The maximum Gasteiger partial charge on any atom is 0.310 e. The summed E-state index contributed by atoms with van der Waals surface area (Å²) in [7, 11) is 0. The number of unbranched alkanes of at least 4 members (excludes halogenated alkanes) is 1. The predicted molar refractivity (Wildman–Crippen MR) is 105 cm³/mol. The summed E-state index contributed by atoms with van der Waals surface area (Å²) in [6.45, 7) is 6.85. The van der Waals surface area contributed by atoms with Crippen LogP contribution >= 0.6 is 0 Å². The van der Waals surface area contributed by atoms with Gasteiger partial charge in [-0.2, -0.15) is 0 Å². The number of allylic oxidation sites excluding steroid dienone is 1. The molecule has 0 saturated carbocycles. The Morgan fingerprint density at radius 1 is 1.21 bits per heavy atom.